The highest BCUT2D eigenvalue weighted by Gasteiger charge is 2.10. The fourth-order valence-corrected chi connectivity index (χ4v) is 2.22. The van der Waals surface area contributed by atoms with Gasteiger partial charge in [0.1, 0.15) is 5.88 Å². The van der Waals surface area contributed by atoms with Crippen molar-refractivity contribution in [1.29, 1.82) is 0 Å². The molecule has 0 atom stereocenters. The molecule has 0 saturated heterocycles. The van der Waals surface area contributed by atoms with Crippen molar-refractivity contribution in [2.45, 2.75) is 0 Å². The van der Waals surface area contributed by atoms with Crippen molar-refractivity contribution in [2.75, 3.05) is 17.8 Å². The van der Waals surface area contributed by atoms with Crippen LogP contribution in [0.2, 0.25) is 0 Å². The van der Waals surface area contributed by atoms with E-state index in [9.17, 15) is 4.79 Å². The number of thiophene rings is 1. The summed E-state index contributed by atoms with van der Waals surface area (Å²) in [6.07, 6.45) is 0. The summed E-state index contributed by atoms with van der Waals surface area (Å²) in [6, 6.07) is 3.78. The molecule has 0 aliphatic rings. The van der Waals surface area contributed by atoms with Gasteiger partial charge >= 0.3 is 0 Å². The third-order valence-electron chi connectivity index (χ3n) is 1.38. The zero-order valence-corrected chi connectivity index (χ0v) is 9.54. The van der Waals surface area contributed by atoms with Crippen molar-refractivity contribution in [3.8, 4) is 0 Å². The molecule has 0 aliphatic carbocycles. The van der Waals surface area contributed by atoms with Gasteiger partial charge in [0.2, 0.25) is 5.91 Å². The van der Waals surface area contributed by atoms with Crippen LogP contribution in [0.5, 0.6) is 0 Å². The van der Waals surface area contributed by atoms with Gasteiger partial charge in [0.05, 0.1) is 8.79 Å². The van der Waals surface area contributed by atoms with E-state index in [-0.39, 0.29) is 11.8 Å². The highest BCUT2D eigenvalue weighted by Crippen LogP contribution is 2.29. The molecule has 0 spiro atoms. The molecular weight excluding hydrogens is 262 g/mol. The number of rotatable bonds is 2. The van der Waals surface area contributed by atoms with E-state index in [2.05, 4.69) is 15.9 Å². The first-order chi connectivity index (χ1) is 5.65. The predicted molar refractivity (Wildman–Crippen MR) is 56.1 cm³/mol. The Bertz CT molecular complexity index is 289. The third-order valence-corrected chi connectivity index (χ3v) is 3.31. The van der Waals surface area contributed by atoms with Crippen LogP contribution < -0.4 is 4.90 Å². The Morgan fingerprint density at radius 3 is 2.83 bits per heavy atom. The molecule has 66 valence electrons. The van der Waals surface area contributed by atoms with Crippen molar-refractivity contribution in [3.05, 3.63) is 15.9 Å². The molecule has 1 aromatic heterocycles. The van der Waals surface area contributed by atoms with Crippen LogP contribution >= 0.6 is 38.9 Å². The Balaban J connectivity index is 2.77. The topological polar surface area (TPSA) is 20.3 Å². The molecule has 0 saturated carbocycles. The maximum atomic E-state index is 11.1. The minimum Gasteiger partial charge on any atom is -0.306 e. The Hall–Kier alpha value is -0.0600. The summed E-state index contributed by atoms with van der Waals surface area (Å²) in [6.45, 7) is 0. The molecule has 0 fully saturated rings. The second-order valence-electron chi connectivity index (χ2n) is 2.16. The highest BCUT2D eigenvalue weighted by molar-refractivity contribution is 9.11. The summed E-state index contributed by atoms with van der Waals surface area (Å²) < 4.78 is 1.01. The van der Waals surface area contributed by atoms with Crippen LogP contribution in [0.1, 0.15) is 0 Å². The molecule has 0 aliphatic heterocycles. The van der Waals surface area contributed by atoms with Crippen molar-refractivity contribution in [3.63, 3.8) is 0 Å². The van der Waals surface area contributed by atoms with Crippen LogP contribution in [0, 0.1) is 0 Å². The Kier molecular flexibility index (Phi) is 3.55. The van der Waals surface area contributed by atoms with Gasteiger partial charge < -0.3 is 4.90 Å². The molecule has 1 amide bonds. The van der Waals surface area contributed by atoms with E-state index in [1.807, 2.05) is 12.1 Å². The minimum absolute atomic E-state index is 0.0199. The van der Waals surface area contributed by atoms with Crippen LogP contribution in [0.3, 0.4) is 0 Å². The lowest BCUT2D eigenvalue weighted by atomic mass is 10.5. The molecule has 1 heterocycles. The normalized spacial score (nSPS) is 9.92. The lowest BCUT2D eigenvalue weighted by Gasteiger charge is -2.12. The Morgan fingerprint density at radius 1 is 1.75 bits per heavy atom. The van der Waals surface area contributed by atoms with E-state index in [0.29, 0.717) is 0 Å². The predicted octanol–water partition coefficient (Wildman–Crippen LogP) is 2.71. The summed E-state index contributed by atoms with van der Waals surface area (Å²) in [7, 11) is 1.71. The van der Waals surface area contributed by atoms with Crippen LogP contribution in [-0.2, 0) is 4.79 Å². The molecule has 0 radical (unpaired) electrons. The second kappa shape index (κ2) is 4.25. The molecular formula is C7H7BrClNOS. The summed E-state index contributed by atoms with van der Waals surface area (Å²) >= 11 is 10.2. The Morgan fingerprint density at radius 2 is 2.42 bits per heavy atom. The fraction of sp³-hybridized carbons (Fsp3) is 0.286. The van der Waals surface area contributed by atoms with Crippen molar-refractivity contribution >= 4 is 49.8 Å². The van der Waals surface area contributed by atoms with Gasteiger partial charge in [-0.25, -0.2) is 0 Å². The van der Waals surface area contributed by atoms with Gasteiger partial charge in [0, 0.05) is 7.05 Å². The summed E-state index contributed by atoms with van der Waals surface area (Å²) in [5.41, 5.74) is 0. The smallest absolute Gasteiger partial charge is 0.242 e. The van der Waals surface area contributed by atoms with Crippen LogP contribution in [0.4, 0.5) is 5.00 Å². The third kappa shape index (κ3) is 2.21. The average Bonchev–Trinajstić information content (AvgIpc) is 2.49. The highest BCUT2D eigenvalue weighted by atomic mass is 79.9. The molecule has 0 unspecified atom stereocenters. The van der Waals surface area contributed by atoms with Gasteiger partial charge in [-0.1, -0.05) is 0 Å². The maximum Gasteiger partial charge on any atom is 0.242 e. The molecule has 12 heavy (non-hydrogen) atoms. The summed E-state index contributed by atoms with van der Waals surface area (Å²) in [5.74, 6) is -0.0718. The first-order valence-electron chi connectivity index (χ1n) is 3.23. The van der Waals surface area contributed by atoms with Crippen molar-refractivity contribution in [2.24, 2.45) is 0 Å². The molecule has 2 nitrogen and oxygen atoms in total. The first kappa shape index (κ1) is 10.0. The van der Waals surface area contributed by atoms with Gasteiger partial charge in [-0.15, -0.1) is 22.9 Å². The fourth-order valence-electron chi connectivity index (χ4n) is 0.698. The number of hydrogen-bond donors (Lipinski definition) is 0. The van der Waals surface area contributed by atoms with E-state index >= 15 is 0 Å². The van der Waals surface area contributed by atoms with E-state index in [0.717, 1.165) is 8.79 Å². The van der Waals surface area contributed by atoms with Crippen LogP contribution in [0.25, 0.3) is 0 Å². The lowest BCUT2D eigenvalue weighted by molar-refractivity contribution is -0.115. The van der Waals surface area contributed by atoms with Crippen LogP contribution in [-0.4, -0.2) is 18.8 Å². The largest absolute Gasteiger partial charge is 0.306 e. The zero-order chi connectivity index (χ0) is 9.14. The number of hydrogen-bond acceptors (Lipinski definition) is 2. The lowest BCUT2D eigenvalue weighted by Crippen LogP contribution is -2.26. The summed E-state index contributed by atoms with van der Waals surface area (Å²) in [5, 5.41) is 0.896. The minimum atomic E-state index is -0.0917. The van der Waals surface area contributed by atoms with Gasteiger partial charge in [-0.05, 0) is 28.1 Å². The SMILES string of the molecule is CN(C(=O)CCl)c1ccc(Br)s1. The number of nitrogens with zero attached hydrogens (tertiary/aromatic N) is 1. The number of carbonyl (C=O) groups excluding carboxylic acids is 1. The molecule has 5 heteroatoms. The maximum absolute atomic E-state index is 11.1. The molecule has 1 rings (SSSR count). The van der Waals surface area contributed by atoms with Crippen molar-refractivity contribution in [1.82, 2.24) is 0 Å². The van der Waals surface area contributed by atoms with E-state index < -0.39 is 0 Å². The monoisotopic (exact) mass is 267 g/mol. The number of halogens is 2. The number of carbonyl (C=O) groups is 1. The molecule has 1 aromatic rings. The van der Waals surface area contributed by atoms with Gasteiger partial charge in [-0.2, -0.15) is 0 Å². The van der Waals surface area contributed by atoms with E-state index in [1.165, 1.54) is 11.3 Å². The molecule has 0 N–H and O–H groups in total. The quantitative estimate of drug-likeness (QED) is 0.755. The summed E-state index contributed by atoms with van der Waals surface area (Å²) in [4.78, 5) is 12.7. The van der Waals surface area contributed by atoms with Crippen LogP contribution in [0.15, 0.2) is 15.9 Å². The second-order valence-corrected chi connectivity index (χ2v) is 4.87. The van der Waals surface area contributed by atoms with Gasteiger partial charge in [0.25, 0.3) is 0 Å². The first-order valence-corrected chi connectivity index (χ1v) is 5.37. The van der Waals surface area contributed by atoms with E-state index in [1.54, 1.807) is 11.9 Å². The Labute approximate surface area is 88.3 Å². The van der Waals surface area contributed by atoms with Gasteiger partial charge in [0.15, 0.2) is 0 Å². The standard InChI is InChI=1S/C7H7BrClNOS/c1-10(6(11)4-9)7-3-2-5(8)12-7/h2-3H,4H2,1H3. The zero-order valence-electron chi connectivity index (χ0n) is 6.38. The number of alkyl halides is 1. The van der Waals surface area contributed by atoms with Crippen molar-refractivity contribution < 1.29 is 4.79 Å². The van der Waals surface area contributed by atoms with E-state index in [4.69, 9.17) is 11.6 Å². The van der Waals surface area contributed by atoms with Gasteiger partial charge in [-0.3, -0.25) is 4.79 Å². The molecule has 0 bridgehead atoms. The molecule has 0 aromatic carbocycles. The number of anilines is 1. The number of amides is 1. The average molecular weight is 269 g/mol.